The van der Waals surface area contributed by atoms with Crippen molar-refractivity contribution in [2.75, 3.05) is 6.54 Å². The Morgan fingerprint density at radius 2 is 2.00 bits per heavy atom. The maximum atomic E-state index is 5.79. The number of pyridine rings is 1. The van der Waals surface area contributed by atoms with Crippen molar-refractivity contribution in [1.29, 1.82) is 0 Å². The van der Waals surface area contributed by atoms with Gasteiger partial charge < -0.3 is 10.1 Å². The molecule has 0 radical (unpaired) electrons. The summed E-state index contributed by atoms with van der Waals surface area (Å²) in [5.41, 5.74) is 2.20. The van der Waals surface area contributed by atoms with Gasteiger partial charge in [0.1, 0.15) is 5.75 Å². The standard InChI is InChI=1S/C16H19BrN2O/c1-3-10-18-11-13-8-9-16(19-12(13)2)20-15-7-5-4-6-14(15)17/h4-9,18H,3,10-11H2,1-2H3. The molecule has 0 unspecified atom stereocenters. The number of para-hydroxylation sites is 1. The van der Waals surface area contributed by atoms with E-state index in [0.29, 0.717) is 5.88 Å². The van der Waals surface area contributed by atoms with Crippen molar-refractivity contribution in [2.45, 2.75) is 26.8 Å². The number of aromatic nitrogens is 1. The molecule has 0 fully saturated rings. The summed E-state index contributed by atoms with van der Waals surface area (Å²) in [7, 11) is 0. The van der Waals surface area contributed by atoms with Crippen LogP contribution < -0.4 is 10.1 Å². The number of hydrogen-bond donors (Lipinski definition) is 1. The first-order valence-electron chi connectivity index (χ1n) is 6.80. The summed E-state index contributed by atoms with van der Waals surface area (Å²) in [4.78, 5) is 4.51. The molecule has 0 amide bonds. The second-order valence-electron chi connectivity index (χ2n) is 4.60. The highest BCUT2D eigenvalue weighted by Gasteiger charge is 2.05. The fourth-order valence-corrected chi connectivity index (χ4v) is 2.22. The van der Waals surface area contributed by atoms with Crippen LogP contribution in [0.15, 0.2) is 40.9 Å². The number of ether oxygens (including phenoxy) is 1. The first kappa shape index (κ1) is 15.0. The smallest absolute Gasteiger partial charge is 0.219 e. The maximum Gasteiger partial charge on any atom is 0.219 e. The van der Waals surface area contributed by atoms with E-state index in [4.69, 9.17) is 4.74 Å². The highest BCUT2D eigenvalue weighted by atomic mass is 79.9. The molecule has 0 atom stereocenters. The molecule has 1 aromatic heterocycles. The van der Waals surface area contributed by atoms with Crippen LogP contribution in [0.4, 0.5) is 0 Å². The predicted octanol–water partition coefficient (Wildman–Crippen LogP) is 4.44. The second-order valence-corrected chi connectivity index (χ2v) is 5.46. The zero-order valence-electron chi connectivity index (χ0n) is 11.8. The molecule has 0 spiro atoms. The Balaban J connectivity index is 2.07. The van der Waals surface area contributed by atoms with E-state index < -0.39 is 0 Å². The first-order valence-corrected chi connectivity index (χ1v) is 7.59. The SMILES string of the molecule is CCCNCc1ccc(Oc2ccccc2Br)nc1C. The van der Waals surface area contributed by atoms with Crippen molar-refractivity contribution in [3.05, 3.63) is 52.1 Å². The van der Waals surface area contributed by atoms with Crippen LogP contribution in [-0.2, 0) is 6.54 Å². The molecule has 1 aromatic carbocycles. The van der Waals surface area contributed by atoms with Crippen molar-refractivity contribution >= 4 is 15.9 Å². The Morgan fingerprint density at radius 1 is 1.20 bits per heavy atom. The normalized spacial score (nSPS) is 10.6. The molecule has 0 aliphatic rings. The highest BCUT2D eigenvalue weighted by molar-refractivity contribution is 9.10. The van der Waals surface area contributed by atoms with Gasteiger partial charge in [-0.15, -0.1) is 0 Å². The molecule has 1 N–H and O–H groups in total. The Morgan fingerprint density at radius 3 is 2.70 bits per heavy atom. The number of aryl methyl sites for hydroxylation is 1. The fraction of sp³-hybridized carbons (Fsp3) is 0.312. The van der Waals surface area contributed by atoms with Crippen LogP contribution >= 0.6 is 15.9 Å². The molecule has 3 nitrogen and oxygen atoms in total. The van der Waals surface area contributed by atoms with Gasteiger partial charge in [0.2, 0.25) is 5.88 Å². The Kier molecular flexibility index (Phi) is 5.56. The number of benzene rings is 1. The number of nitrogens with one attached hydrogen (secondary N) is 1. The fourth-order valence-electron chi connectivity index (χ4n) is 1.85. The van der Waals surface area contributed by atoms with Crippen molar-refractivity contribution in [1.82, 2.24) is 10.3 Å². The molecule has 0 bridgehead atoms. The second kappa shape index (κ2) is 7.41. The summed E-state index contributed by atoms with van der Waals surface area (Å²) in [6, 6.07) is 11.7. The summed E-state index contributed by atoms with van der Waals surface area (Å²) < 4.78 is 6.72. The molecule has 2 aromatic rings. The Labute approximate surface area is 128 Å². The molecule has 0 aliphatic carbocycles. The minimum atomic E-state index is 0.619. The number of nitrogens with zero attached hydrogens (tertiary/aromatic N) is 1. The summed E-state index contributed by atoms with van der Waals surface area (Å²) >= 11 is 3.47. The third-order valence-corrected chi connectivity index (χ3v) is 3.62. The largest absolute Gasteiger partial charge is 0.438 e. The predicted molar refractivity (Wildman–Crippen MR) is 85.2 cm³/mol. The van der Waals surface area contributed by atoms with Crippen LogP contribution in [0.5, 0.6) is 11.6 Å². The lowest BCUT2D eigenvalue weighted by molar-refractivity contribution is 0.458. The summed E-state index contributed by atoms with van der Waals surface area (Å²) in [6.07, 6.45) is 1.13. The van der Waals surface area contributed by atoms with E-state index in [1.165, 1.54) is 5.56 Å². The van der Waals surface area contributed by atoms with Gasteiger partial charge in [0.25, 0.3) is 0 Å². The quantitative estimate of drug-likeness (QED) is 0.792. The molecule has 2 rings (SSSR count). The van der Waals surface area contributed by atoms with Crippen molar-refractivity contribution < 1.29 is 4.74 Å². The molecule has 1 heterocycles. The molecule has 0 saturated carbocycles. The zero-order chi connectivity index (χ0) is 14.4. The summed E-state index contributed by atoms with van der Waals surface area (Å²) in [5.74, 6) is 1.39. The third-order valence-electron chi connectivity index (χ3n) is 2.96. The van der Waals surface area contributed by atoms with E-state index in [-0.39, 0.29) is 0 Å². The van der Waals surface area contributed by atoms with Crippen molar-refractivity contribution in [2.24, 2.45) is 0 Å². The minimum Gasteiger partial charge on any atom is -0.438 e. The van der Waals surface area contributed by atoms with Gasteiger partial charge in [0.15, 0.2) is 0 Å². The highest BCUT2D eigenvalue weighted by Crippen LogP contribution is 2.28. The molecule has 20 heavy (non-hydrogen) atoms. The topological polar surface area (TPSA) is 34.1 Å². The van der Waals surface area contributed by atoms with E-state index in [1.54, 1.807) is 0 Å². The molecule has 0 saturated heterocycles. The average molecular weight is 335 g/mol. The molecular weight excluding hydrogens is 316 g/mol. The molecular formula is C16H19BrN2O. The van der Waals surface area contributed by atoms with Gasteiger partial charge in [0.05, 0.1) is 4.47 Å². The lowest BCUT2D eigenvalue weighted by Crippen LogP contribution is -2.15. The van der Waals surface area contributed by atoms with Crippen molar-refractivity contribution in [3.8, 4) is 11.6 Å². The van der Waals surface area contributed by atoms with E-state index >= 15 is 0 Å². The molecule has 0 aliphatic heterocycles. The number of rotatable bonds is 6. The van der Waals surface area contributed by atoms with E-state index in [9.17, 15) is 0 Å². The van der Waals surface area contributed by atoms with Crippen LogP contribution in [0.3, 0.4) is 0 Å². The minimum absolute atomic E-state index is 0.619. The maximum absolute atomic E-state index is 5.79. The van der Waals surface area contributed by atoms with Crippen LogP contribution in [0.2, 0.25) is 0 Å². The van der Waals surface area contributed by atoms with Crippen molar-refractivity contribution in [3.63, 3.8) is 0 Å². The van der Waals surface area contributed by atoms with E-state index in [2.05, 4.69) is 39.2 Å². The van der Waals surface area contributed by atoms with Gasteiger partial charge in [-0.3, -0.25) is 0 Å². The first-order chi connectivity index (χ1) is 9.70. The average Bonchev–Trinajstić information content (AvgIpc) is 2.44. The van der Waals surface area contributed by atoms with Gasteiger partial charge in [-0.2, -0.15) is 0 Å². The molecule has 4 heteroatoms. The van der Waals surface area contributed by atoms with Gasteiger partial charge >= 0.3 is 0 Å². The van der Waals surface area contributed by atoms with Crippen LogP contribution in [0.25, 0.3) is 0 Å². The van der Waals surface area contributed by atoms with Gasteiger partial charge in [-0.25, -0.2) is 4.98 Å². The van der Waals surface area contributed by atoms with Gasteiger partial charge in [0, 0.05) is 18.3 Å². The van der Waals surface area contributed by atoms with E-state index in [1.807, 2.05) is 37.3 Å². The lowest BCUT2D eigenvalue weighted by Gasteiger charge is -2.10. The third kappa shape index (κ3) is 4.05. The zero-order valence-corrected chi connectivity index (χ0v) is 13.4. The van der Waals surface area contributed by atoms with Crippen LogP contribution in [0, 0.1) is 6.92 Å². The van der Waals surface area contributed by atoms with Crippen LogP contribution in [-0.4, -0.2) is 11.5 Å². The summed E-state index contributed by atoms with van der Waals surface area (Å²) in [5, 5.41) is 3.38. The van der Waals surface area contributed by atoms with Crippen LogP contribution in [0.1, 0.15) is 24.6 Å². The summed E-state index contributed by atoms with van der Waals surface area (Å²) in [6.45, 7) is 6.04. The lowest BCUT2D eigenvalue weighted by atomic mass is 10.2. The van der Waals surface area contributed by atoms with E-state index in [0.717, 1.165) is 35.4 Å². The molecule has 106 valence electrons. The van der Waals surface area contributed by atoms with Gasteiger partial charge in [-0.05, 0) is 53.5 Å². The van der Waals surface area contributed by atoms with Gasteiger partial charge in [-0.1, -0.05) is 25.1 Å². The monoisotopic (exact) mass is 334 g/mol. The number of halogens is 1. The number of hydrogen-bond acceptors (Lipinski definition) is 3. The Bertz CT molecular complexity index is 572. The Hall–Kier alpha value is -1.39.